The van der Waals surface area contributed by atoms with Crippen LogP contribution in [0.25, 0.3) is 0 Å². The highest BCUT2D eigenvalue weighted by atomic mass is 79.9. The minimum absolute atomic E-state index is 0.0839. The van der Waals surface area contributed by atoms with Gasteiger partial charge in [-0.25, -0.2) is 9.18 Å². The number of rotatable bonds is 4. The van der Waals surface area contributed by atoms with Gasteiger partial charge in [-0.15, -0.1) is 0 Å². The van der Waals surface area contributed by atoms with E-state index < -0.39 is 17.1 Å². The van der Waals surface area contributed by atoms with Crippen molar-refractivity contribution in [2.75, 3.05) is 13.1 Å². The fraction of sp³-hybridized carbons (Fsp3) is 0.636. The minimum atomic E-state index is -0.624. The third-order valence-electron chi connectivity index (χ3n) is 4.53. The molecular formula is C22H31BrFNO4. The normalized spacial score (nSPS) is 18.5. The number of likely N-dealkylation sites (tertiary alicyclic amines) is 1. The van der Waals surface area contributed by atoms with Crippen molar-refractivity contribution in [3.8, 4) is 0 Å². The second-order valence-corrected chi connectivity index (χ2v) is 10.5. The van der Waals surface area contributed by atoms with Gasteiger partial charge in [0.25, 0.3) is 0 Å². The summed E-state index contributed by atoms with van der Waals surface area (Å²) < 4.78 is 25.6. The van der Waals surface area contributed by atoms with E-state index in [1.165, 1.54) is 12.1 Å². The first kappa shape index (κ1) is 23.6. The standard InChI is InChI=1S/C22H31BrFNO4/c1-21(2,3)28-19(26)18(11-14-9-16(23)12-17(24)10-14)15-7-8-25(13-15)20(27)29-22(4,5)6/h9-10,12,15,18H,7-8,11,13H2,1-6H3/t15-,18?/m0/s1. The van der Waals surface area contributed by atoms with Crippen LogP contribution in [0.4, 0.5) is 9.18 Å². The Labute approximate surface area is 181 Å². The number of amides is 1. The Kier molecular flexibility index (Phi) is 7.36. The summed E-state index contributed by atoms with van der Waals surface area (Å²) in [7, 11) is 0. The van der Waals surface area contributed by atoms with Gasteiger partial charge in [-0.05, 0) is 84.1 Å². The third kappa shape index (κ3) is 7.61. The molecule has 1 saturated heterocycles. The highest BCUT2D eigenvalue weighted by Gasteiger charge is 2.39. The van der Waals surface area contributed by atoms with Gasteiger partial charge in [0.15, 0.2) is 0 Å². The lowest BCUT2D eigenvalue weighted by Crippen LogP contribution is -2.38. The van der Waals surface area contributed by atoms with E-state index in [0.29, 0.717) is 36.0 Å². The Morgan fingerprint density at radius 3 is 2.31 bits per heavy atom. The third-order valence-corrected chi connectivity index (χ3v) is 4.99. The number of hydrogen-bond donors (Lipinski definition) is 0. The Balaban J connectivity index is 2.19. The highest BCUT2D eigenvalue weighted by Crippen LogP contribution is 2.31. The van der Waals surface area contributed by atoms with Gasteiger partial charge in [0.2, 0.25) is 0 Å². The van der Waals surface area contributed by atoms with Gasteiger partial charge in [-0.3, -0.25) is 4.79 Å². The van der Waals surface area contributed by atoms with Crippen molar-refractivity contribution in [3.05, 3.63) is 34.1 Å². The van der Waals surface area contributed by atoms with E-state index >= 15 is 0 Å². The van der Waals surface area contributed by atoms with Crippen LogP contribution >= 0.6 is 15.9 Å². The lowest BCUT2D eigenvalue weighted by molar-refractivity contribution is -0.161. The number of ether oxygens (including phenoxy) is 2. The quantitative estimate of drug-likeness (QED) is 0.555. The number of benzene rings is 1. The molecule has 1 aliphatic rings. The molecule has 29 heavy (non-hydrogen) atoms. The van der Waals surface area contributed by atoms with Crippen LogP contribution in [-0.4, -0.2) is 41.3 Å². The minimum Gasteiger partial charge on any atom is -0.460 e. The monoisotopic (exact) mass is 471 g/mol. The maximum atomic E-state index is 13.8. The predicted octanol–water partition coefficient (Wildman–Crippen LogP) is 5.35. The lowest BCUT2D eigenvalue weighted by Gasteiger charge is -2.28. The van der Waals surface area contributed by atoms with Gasteiger partial charge >= 0.3 is 12.1 Å². The summed E-state index contributed by atoms with van der Waals surface area (Å²) in [5, 5.41) is 0. The number of nitrogens with zero attached hydrogens (tertiary/aromatic N) is 1. The van der Waals surface area contributed by atoms with E-state index in [1.54, 1.807) is 11.0 Å². The van der Waals surface area contributed by atoms with E-state index in [4.69, 9.17) is 9.47 Å². The van der Waals surface area contributed by atoms with Crippen molar-refractivity contribution in [1.82, 2.24) is 4.90 Å². The molecule has 0 saturated carbocycles. The van der Waals surface area contributed by atoms with Crippen molar-refractivity contribution >= 4 is 28.0 Å². The van der Waals surface area contributed by atoms with E-state index in [-0.39, 0.29) is 23.8 Å². The Hall–Kier alpha value is -1.63. The number of hydrogen-bond acceptors (Lipinski definition) is 4. The zero-order chi connectivity index (χ0) is 22.0. The average molecular weight is 472 g/mol. The molecule has 1 aromatic carbocycles. The molecule has 1 amide bonds. The first-order chi connectivity index (χ1) is 13.2. The molecule has 5 nitrogen and oxygen atoms in total. The first-order valence-corrected chi connectivity index (χ1v) is 10.7. The van der Waals surface area contributed by atoms with Gasteiger partial charge in [-0.1, -0.05) is 15.9 Å². The van der Waals surface area contributed by atoms with E-state index in [2.05, 4.69) is 15.9 Å². The maximum Gasteiger partial charge on any atom is 0.410 e. The van der Waals surface area contributed by atoms with Gasteiger partial charge < -0.3 is 14.4 Å². The average Bonchev–Trinajstić information content (AvgIpc) is 2.98. The lowest BCUT2D eigenvalue weighted by atomic mass is 9.86. The van der Waals surface area contributed by atoms with Crippen molar-refractivity contribution < 1.29 is 23.5 Å². The summed E-state index contributed by atoms with van der Waals surface area (Å²) >= 11 is 3.30. The molecule has 0 bridgehead atoms. The summed E-state index contributed by atoms with van der Waals surface area (Å²) in [6.07, 6.45) is 0.633. The van der Waals surface area contributed by atoms with Crippen molar-refractivity contribution in [2.24, 2.45) is 11.8 Å². The van der Waals surface area contributed by atoms with Crippen molar-refractivity contribution in [2.45, 2.75) is 65.6 Å². The molecule has 7 heteroatoms. The molecule has 0 radical (unpaired) electrons. The van der Waals surface area contributed by atoms with Gasteiger partial charge in [0, 0.05) is 17.6 Å². The van der Waals surface area contributed by atoms with E-state index in [1.807, 2.05) is 41.5 Å². The number of carbonyl (C=O) groups is 2. The first-order valence-electron chi connectivity index (χ1n) is 9.89. The molecule has 1 unspecified atom stereocenters. The molecule has 0 aliphatic carbocycles. The maximum absolute atomic E-state index is 13.8. The molecule has 2 atom stereocenters. The predicted molar refractivity (Wildman–Crippen MR) is 113 cm³/mol. The second kappa shape index (κ2) is 9.02. The zero-order valence-electron chi connectivity index (χ0n) is 18.1. The Morgan fingerprint density at radius 1 is 1.14 bits per heavy atom. The molecule has 1 aliphatic heterocycles. The van der Waals surface area contributed by atoms with Gasteiger partial charge in [0.1, 0.15) is 17.0 Å². The van der Waals surface area contributed by atoms with Crippen LogP contribution in [0, 0.1) is 17.7 Å². The molecule has 1 aromatic rings. The molecule has 1 fully saturated rings. The Morgan fingerprint density at radius 2 is 1.76 bits per heavy atom. The van der Waals surface area contributed by atoms with Crippen LogP contribution in [0.1, 0.15) is 53.5 Å². The van der Waals surface area contributed by atoms with Crippen LogP contribution in [0.2, 0.25) is 0 Å². The number of carbonyl (C=O) groups excluding carboxylic acids is 2. The molecule has 162 valence electrons. The molecule has 0 N–H and O–H groups in total. The van der Waals surface area contributed by atoms with Crippen LogP contribution in [-0.2, 0) is 20.7 Å². The van der Waals surface area contributed by atoms with Crippen LogP contribution in [0.15, 0.2) is 22.7 Å². The van der Waals surface area contributed by atoms with Crippen molar-refractivity contribution in [3.63, 3.8) is 0 Å². The summed E-state index contributed by atoms with van der Waals surface area (Å²) in [6, 6.07) is 4.62. The van der Waals surface area contributed by atoms with Crippen LogP contribution < -0.4 is 0 Å². The Bertz CT molecular complexity index is 734. The zero-order valence-corrected chi connectivity index (χ0v) is 19.6. The van der Waals surface area contributed by atoms with Crippen molar-refractivity contribution in [1.29, 1.82) is 0 Å². The molecule has 0 aromatic heterocycles. The molecule has 2 rings (SSSR count). The molecule has 0 spiro atoms. The molecule has 1 heterocycles. The summed E-state index contributed by atoms with van der Waals surface area (Å²) in [5.41, 5.74) is -0.488. The fourth-order valence-corrected chi connectivity index (χ4v) is 3.92. The van der Waals surface area contributed by atoms with Gasteiger partial charge in [0.05, 0.1) is 5.92 Å². The molecular weight excluding hydrogens is 441 g/mol. The van der Waals surface area contributed by atoms with E-state index in [9.17, 15) is 14.0 Å². The topological polar surface area (TPSA) is 55.8 Å². The SMILES string of the molecule is CC(C)(C)OC(=O)C(Cc1cc(F)cc(Br)c1)[C@H]1CCN(C(=O)OC(C)(C)C)C1. The second-order valence-electron chi connectivity index (χ2n) is 9.60. The highest BCUT2D eigenvalue weighted by molar-refractivity contribution is 9.10. The largest absolute Gasteiger partial charge is 0.460 e. The van der Waals surface area contributed by atoms with Crippen LogP contribution in [0.3, 0.4) is 0 Å². The summed E-state index contributed by atoms with van der Waals surface area (Å²) in [6.45, 7) is 11.9. The summed E-state index contributed by atoms with van der Waals surface area (Å²) in [4.78, 5) is 27.0. The number of esters is 1. The summed E-state index contributed by atoms with van der Waals surface area (Å²) in [5.74, 6) is -1.25. The smallest absolute Gasteiger partial charge is 0.410 e. The van der Waals surface area contributed by atoms with Crippen LogP contribution in [0.5, 0.6) is 0 Å². The fourth-order valence-electron chi connectivity index (χ4n) is 3.41. The van der Waals surface area contributed by atoms with E-state index in [0.717, 1.165) is 0 Å². The van der Waals surface area contributed by atoms with Gasteiger partial charge in [-0.2, -0.15) is 0 Å². The number of halogens is 2.